The van der Waals surface area contributed by atoms with Gasteiger partial charge in [0.2, 0.25) is 0 Å². The van der Waals surface area contributed by atoms with E-state index in [0.29, 0.717) is 0 Å². The number of piperidine rings is 1. The number of hydrogen-bond acceptors (Lipinski definition) is 4. The quantitative estimate of drug-likeness (QED) is 0.737. The smallest absolute Gasteiger partial charge is 0.0564 e. The van der Waals surface area contributed by atoms with E-state index >= 15 is 0 Å². The van der Waals surface area contributed by atoms with Gasteiger partial charge in [0.1, 0.15) is 0 Å². The second-order valence-electron chi connectivity index (χ2n) is 6.56. The van der Waals surface area contributed by atoms with Gasteiger partial charge in [-0.3, -0.25) is 0 Å². The first-order chi connectivity index (χ1) is 11.8. The van der Waals surface area contributed by atoms with Crippen molar-refractivity contribution in [2.24, 2.45) is 5.92 Å². The minimum atomic E-state index is 0.813. The summed E-state index contributed by atoms with van der Waals surface area (Å²) in [6.45, 7) is 3.48. The Morgan fingerprint density at radius 1 is 1.17 bits per heavy atom. The van der Waals surface area contributed by atoms with Gasteiger partial charge in [-0.05, 0) is 74.9 Å². The Morgan fingerprint density at radius 3 is 2.88 bits per heavy atom. The van der Waals surface area contributed by atoms with Crippen molar-refractivity contribution in [1.29, 1.82) is 0 Å². The maximum Gasteiger partial charge on any atom is 0.0564 e. The molecule has 4 heteroatoms. The summed E-state index contributed by atoms with van der Waals surface area (Å²) in [5.41, 5.74) is 2.76. The van der Waals surface area contributed by atoms with Crippen LogP contribution in [-0.2, 0) is 0 Å². The van der Waals surface area contributed by atoms with Gasteiger partial charge in [0.15, 0.2) is 0 Å². The van der Waals surface area contributed by atoms with Gasteiger partial charge in [0.05, 0.1) is 11.4 Å². The van der Waals surface area contributed by atoms with Crippen LogP contribution in [0.3, 0.4) is 0 Å². The van der Waals surface area contributed by atoms with Gasteiger partial charge in [0.25, 0.3) is 0 Å². The maximum atomic E-state index is 3.55. The average molecular weight is 357 g/mol. The number of hydrogen-bond donors (Lipinski definition) is 1. The van der Waals surface area contributed by atoms with Crippen LogP contribution < -0.4 is 10.2 Å². The first-order valence-electron chi connectivity index (χ1n) is 8.78. The number of para-hydroxylation sites is 1. The molecular formula is C20H24N2S2. The molecule has 1 atom stereocenters. The molecule has 0 aliphatic carbocycles. The highest BCUT2D eigenvalue weighted by atomic mass is 32.2. The monoisotopic (exact) mass is 356 g/mol. The molecule has 1 unspecified atom stereocenters. The molecular weight excluding hydrogens is 332 g/mol. The molecule has 0 bridgehead atoms. The summed E-state index contributed by atoms with van der Waals surface area (Å²) in [6, 6.07) is 15.7. The highest BCUT2D eigenvalue weighted by Gasteiger charge is 2.24. The molecule has 0 aromatic heterocycles. The van der Waals surface area contributed by atoms with Crippen LogP contribution >= 0.6 is 23.5 Å². The van der Waals surface area contributed by atoms with Gasteiger partial charge in [0, 0.05) is 21.2 Å². The molecule has 0 radical (unpaired) electrons. The first kappa shape index (κ1) is 16.4. The van der Waals surface area contributed by atoms with E-state index in [1.54, 1.807) is 0 Å². The second-order valence-corrected chi connectivity index (χ2v) is 8.52. The van der Waals surface area contributed by atoms with Gasteiger partial charge in [-0.2, -0.15) is 0 Å². The summed E-state index contributed by atoms with van der Waals surface area (Å²) in [6.07, 6.45) is 6.11. The molecule has 1 N–H and O–H groups in total. The van der Waals surface area contributed by atoms with E-state index in [-0.39, 0.29) is 0 Å². The SMILES string of the molecule is CSc1ccc2c(c1)N(CCC1CCCNC1)c1ccccc1S2. The topological polar surface area (TPSA) is 15.3 Å². The number of anilines is 2. The van der Waals surface area contributed by atoms with Crippen LogP contribution in [0.2, 0.25) is 0 Å². The van der Waals surface area contributed by atoms with Crippen LogP contribution in [0.15, 0.2) is 57.2 Å². The van der Waals surface area contributed by atoms with Crippen molar-refractivity contribution in [2.75, 3.05) is 30.8 Å². The van der Waals surface area contributed by atoms with Crippen molar-refractivity contribution in [2.45, 2.75) is 33.9 Å². The minimum Gasteiger partial charge on any atom is -0.340 e. The number of rotatable bonds is 4. The lowest BCUT2D eigenvalue weighted by Gasteiger charge is -2.34. The van der Waals surface area contributed by atoms with E-state index < -0.39 is 0 Å². The largest absolute Gasteiger partial charge is 0.340 e. The van der Waals surface area contributed by atoms with Crippen molar-refractivity contribution in [3.63, 3.8) is 0 Å². The van der Waals surface area contributed by atoms with Crippen LogP contribution in [0, 0.1) is 5.92 Å². The fourth-order valence-corrected chi connectivity index (χ4v) is 5.17. The molecule has 2 nitrogen and oxygen atoms in total. The zero-order valence-corrected chi connectivity index (χ0v) is 15.8. The molecule has 0 spiro atoms. The van der Waals surface area contributed by atoms with Crippen LogP contribution in [0.4, 0.5) is 11.4 Å². The van der Waals surface area contributed by atoms with Crippen LogP contribution in [0.1, 0.15) is 19.3 Å². The van der Waals surface area contributed by atoms with Gasteiger partial charge < -0.3 is 10.2 Å². The third-order valence-corrected chi connectivity index (χ3v) is 6.85. The van der Waals surface area contributed by atoms with E-state index in [1.807, 2.05) is 23.5 Å². The lowest BCUT2D eigenvalue weighted by molar-refractivity contribution is 0.361. The van der Waals surface area contributed by atoms with Crippen molar-refractivity contribution < 1.29 is 0 Å². The fraction of sp³-hybridized carbons (Fsp3) is 0.400. The van der Waals surface area contributed by atoms with Crippen LogP contribution in [-0.4, -0.2) is 25.9 Å². The molecule has 24 heavy (non-hydrogen) atoms. The zero-order valence-electron chi connectivity index (χ0n) is 14.1. The zero-order chi connectivity index (χ0) is 16.4. The van der Waals surface area contributed by atoms with Gasteiger partial charge >= 0.3 is 0 Å². The van der Waals surface area contributed by atoms with Crippen molar-refractivity contribution >= 4 is 34.9 Å². The first-order valence-corrected chi connectivity index (χ1v) is 10.8. The molecule has 2 aromatic rings. The predicted octanol–water partition coefficient (Wildman–Crippen LogP) is 5.40. The van der Waals surface area contributed by atoms with Gasteiger partial charge in [-0.15, -0.1) is 11.8 Å². The molecule has 0 saturated carbocycles. The van der Waals surface area contributed by atoms with E-state index in [2.05, 4.69) is 58.9 Å². The van der Waals surface area contributed by atoms with Crippen molar-refractivity contribution in [3.05, 3.63) is 42.5 Å². The predicted molar refractivity (Wildman–Crippen MR) is 106 cm³/mol. The maximum absolute atomic E-state index is 3.55. The summed E-state index contributed by atoms with van der Waals surface area (Å²) < 4.78 is 0. The molecule has 126 valence electrons. The minimum absolute atomic E-state index is 0.813. The summed E-state index contributed by atoms with van der Waals surface area (Å²) in [4.78, 5) is 6.66. The van der Waals surface area contributed by atoms with Crippen molar-refractivity contribution in [1.82, 2.24) is 5.32 Å². The molecule has 1 saturated heterocycles. The van der Waals surface area contributed by atoms with Gasteiger partial charge in [-0.25, -0.2) is 0 Å². The Bertz CT molecular complexity index is 711. The third-order valence-electron chi connectivity index (χ3n) is 4.99. The normalized spacial score (nSPS) is 19.7. The summed E-state index contributed by atoms with van der Waals surface area (Å²) >= 11 is 3.73. The Kier molecular flexibility index (Phi) is 5.06. The molecule has 4 rings (SSSR count). The van der Waals surface area contributed by atoms with Gasteiger partial charge in [-0.1, -0.05) is 23.9 Å². The Morgan fingerprint density at radius 2 is 2.04 bits per heavy atom. The Balaban J connectivity index is 1.63. The fourth-order valence-electron chi connectivity index (χ4n) is 3.66. The highest BCUT2D eigenvalue weighted by Crippen LogP contribution is 2.49. The van der Waals surface area contributed by atoms with Crippen molar-refractivity contribution in [3.8, 4) is 0 Å². The van der Waals surface area contributed by atoms with E-state index in [1.165, 1.54) is 58.4 Å². The Labute approximate surface area is 153 Å². The second kappa shape index (κ2) is 7.42. The lowest BCUT2D eigenvalue weighted by Crippen LogP contribution is -2.32. The number of nitrogens with one attached hydrogen (secondary N) is 1. The standard InChI is InChI=1S/C20H24N2S2/c1-23-16-8-9-20-18(13-16)22(12-10-15-5-4-11-21-14-15)17-6-2-3-7-19(17)24-20/h2-3,6-9,13,15,21H,4-5,10-12,14H2,1H3. The molecule has 2 aliphatic heterocycles. The lowest BCUT2D eigenvalue weighted by atomic mass is 9.96. The molecule has 2 aliphatic rings. The number of thioether (sulfide) groups is 1. The van der Waals surface area contributed by atoms with E-state index in [0.717, 1.165) is 12.5 Å². The summed E-state index contributed by atoms with van der Waals surface area (Å²) in [5, 5.41) is 3.55. The average Bonchev–Trinajstić information content (AvgIpc) is 2.65. The molecule has 2 heterocycles. The molecule has 0 amide bonds. The molecule has 2 aromatic carbocycles. The highest BCUT2D eigenvalue weighted by molar-refractivity contribution is 8.00. The molecule has 1 fully saturated rings. The Hall–Kier alpha value is -1.10. The third kappa shape index (κ3) is 3.32. The summed E-state index contributed by atoms with van der Waals surface area (Å²) in [5.74, 6) is 0.813. The number of benzene rings is 2. The summed E-state index contributed by atoms with van der Waals surface area (Å²) in [7, 11) is 0. The van der Waals surface area contributed by atoms with Crippen LogP contribution in [0.25, 0.3) is 0 Å². The number of nitrogens with zero attached hydrogens (tertiary/aromatic N) is 1. The van der Waals surface area contributed by atoms with E-state index in [4.69, 9.17) is 0 Å². The van der Waals surface area contributed by atoms with E-state index in [9.17, 15) is 0 Å². The number of fused-ring (bicyclic) bond motifs is 2. The van der Waals surface area contributed by atoms with Crippen LogP contribution in [0.5, 0.6) is 0 Å².